The lowest BCUT2D eigenvalue weighted by molar-refractivity contribution is -0.122. The van der Waals surface area contributed by atoms with Gasteiger partial charge >= 0.3 is 0 Å². The molecule has 6 nitrogen and oxygen atoms in total. The van der Waals surface area contributed by atoms with Gasteiger partial charge in [0.1, 0.15) is 6.33 Å². The molecule has 1 N–H and O–H groups in total. The molecule has 1 unspecified atom stereocenters. The van der Waals surface area contributed by atoms with Crippen molar-refractivity contribution in [3.8, 4) is 0 Å². The monoisotopic (exact) mass is 318 g/mol. The van der Waals surface area contributed by atoms with E-state index in [0.29, 0.717) is 25.0 Å². The Morgan fingerprint density at radius 2 is 2.17 bits per heavy atom. The molecule has 1 amide bonds. The number of aryl methyl sites for hydroxylation is 1. The Labute approximate surface area is 137 Å². The maximum Gasteiger partial charge on any atom is 0.220 e. The van der Waals surface area contributed by atoms with Crippen LogP contribution in [0.25, 0.3) is 0 Å². The second-order valence-corrected chi connectivity index (χ2v) is 6.56. The van der Waals surface area contributed by atoms with Crippen molar-refractivity contribution in [1.29, 1.82) is 0 Å². The summed E-state index contributed by atoms with van der Waals surface area (Å²) in [4.78, 5) is 22.7. The molecule has 1 aliphatic heterocycles. The first-order valence-electron chi connectivity index (χ1n) is 8.56. The van der Waals surface area contributed by atoms with Crippen molar-refractivity contribution in [3.05, 3.63) is 24.3 Å². The molecule has 0 radical (unpaired) electrons. The van der Waals surface area contributed by atoms with Crippen molar-refractivity contribution < 1.29 is 9.53 Å². The van der Waals surface area contributed by atoms with Gasteiger partial charge in [-0.25, -0.2) is 9.97 Å². The normalized spacial score (nSPS) is 28.1. The lowest BCUT2D eigenvalue weighted by atomic mass is 10.1. The van der Waals surface area contributed by atoms with Crippen LogP contribution in [0, 0.1) is 0 Å². The van der Waals surface area contributed by atoms with Crippen LogP contribution < -0.4 is 5.32 Å². The third kappa shape index (κ3) is 4.26. The van der Waals surface area contributed by atoms with Crippen molar-refractivity contribution in [2.75, 3.05) is 20.2 Å². The summed E-state index contributed by atoms with van der Waals surface area (Å²) in [5, 5.41) is 3.25. The van der Waals surface area contributed by atoms with Crippen molar-refractivity contribution in [2.24, 2.45) is 0 Å². The fourth-order valence-electron chi connectivity index (χ4n) is 3.79. The Morgan fingerprint density at radius 3 is 2.91 bits per heavy atom. The summed E-state index contributed by atoms with van der Waals surface area (Å²) in [5.41, 5.74) is 1.01. The summed E-state index contributed by atoms with van der Waals surface area (Å²) in [7, 11) is 1.79. The average Bonchev–Trinajstić information content (AvgIpc) is 3.22. The van der Waals surface area contributed by atoms with E-state index in [1.165, 1.54) is 19.2 Å². The first kappa shape index (κ1) is 16.3. The largest absolute Gasteiger partial charge is 0.380 e. The minimum atomic E-state index is 0.133. The molecule has 23 heavy (non-hydrogen) atoms. The quantitative estimate of drug-likeness (QED) is 0.853. The van der Waals surface area contributed by atoms with E-state index >= 15 is 0 Å². The summed E-state index contributed by atoms with van der Waals surface area (Å²) < 4.78 is 5.46. The number of carbonyl (C=O) groups excluding carboxylic acids is 1. The SMILES string of the molecule is COC1CCN([C@H]2CCC[C@H]2NC(=O)CCc2cncnc2)C1. The van der Waals surface area contributed by atoms with Crippen LogP contribution in [-0.4, -0.2) is 59.2 Å². The fourth-order valence-corrected chi connectivity index (χ4v) is 3.79. The van der Waals surface area contributed by atoms with Gasteiger partial charge < -0.3 is 10.1 Å². The Morgan fingerprint density at radius 1 is 1.35 bits per heavy atom. The molecule has 0 bridgehead atoms. The van der Waals surface area contributed by atoms with Gasteiger partial charge in [-0.05, 0) is 37.7 Å². The van der Waals surface area contributed by atoms with Crippen molar-refractivity contribution in [3.63, 3.8) is 0 Å². The number of rotatable bonds is 6. The predicted octanol–water partition coefficient (Wildman–Crippen LogP) is 1.17. The van der Waals surface area contributed by atoms with E-state index in [2.05, 4.69) is 20.2 Å². The zero-order valence-electron chi connectivity index (χ0n) is 13.8. The molecule has 126 valence electrons. The first-order chi connectivity index (χ1) is 11.3. The maximum atomic E-state index is 12.3. The van der Waals surface area contributed by atoms with E-state index in [1.54, 1.807) is 19.5 Å². The van der Waals surface area contributed by atoms with Gasteiger partial charge in [0.25, 0.3) is 0 Å². The Hall–Kier alpha value is -1.53. The third-order valence-electron chi connectivity index (χ3n) is 5.06. The van der Waals surface area contributed by atoms with Crippen LogP contribution in [0.4, 0.5) is 0 Å². The van der Waals surface area contributed by atoms with E-state index in [-0.39, 0.29) is 11.9 Å². The molecule has 1 aromatic heterocycles. The van der Waals surface area contributed by atoms with Gasteiger partial charge in [-0.1, -0.05) is 0 Å². The molecule has 3 rings (SSSR count). The number of nitrogens with one attached hydrogen (secondary N) is 1. The smallest absolute Gasteiger partial charge is 0.220 e. The van der Waals surface area contributed by atoms with Gasteiger partial charge in [0.2, 0.25) is 5.91 Å². The zero-order valence-corrected chi connectivity index (χ0v) is 13.8. The summed E-state index contributed by atoms with van der Waals surface area (Å²) in [6.07, 6.45) is 11.1. The number of aromatic nitrogens is 2. The predicted molar refractivity (Wildman–Crippen MR) is 86.9 cm³/mol. The molecule has 1 saturated carbocycles. The molecule has 1 saturated heterocycles. The highest BCUT2D eigenvalue weighted by Crippen LogP contribution is 2.28. The maximum absolute atomic E-state index is 12.3. The molecular weight excluding hydrogens is 292 g/mol. The molecule has 6 heteroatoms. The highest BCUT2D eigenvalue weighted by molar-refractivity contribution is 5.76. The standard InChI is InChI=1S/C17H26N4O2/c1-23-14-7-8-21(11-14)16-4-2-3-15(16)20-17(22)6-5-13-9-18-12-19-10-13/h9-10,12,14-16H,2-8,11H2,1H3,(H,20,22)/t14?,15-,16+/m1/s1. The number of nitrogens with zero attached hydrogens (tertiary/aromatic N) is 3. The topological polar surface area (TPSA) is 67.3 Å². The molecule has 0 spiro atoms. The zero-order chi connectivity index (χ0) is 16.1. The van der Waals surface area contributed by atoms with Gasteiger partial charge in [0, 0.05) is 51.1 Å². The Bertz CT molecular complexity index is 511. The molecule has 1 aromatic rings. The van der Waals surface area contributed by atoms with Gasteiger partial charge in [-0.3, -0.25) is 9.69 Å². The lowest BCUT2D eigenvalue weighted by Crippen LogP contribution is -2.48. The highest BCUT2D eigenvalue weighted by atomic mass is 16.5. The molecule has 2 aliphatic rings. The minimum absolute atomic E-state index is 0.133. The summed E-state index contributed by atoms with van der Waals surface area (Å²) in [6, 6.07) is 0.754. The molecule has 3 atom stereocenters. The van der Waals surface area contributed by atoms with Crippen LogP contribution in [0.5, 0.6) is 0 Å². The second kappa shape index (κ2) is 7.84. The molecule has 2 fully saturated rings. The van der Waals surface area contributed by atoms with Crippen LogP contribution in [0.15, 0.2) is 18.7 Å². The van der Waals surface area contributed by atoms with Gasteiger partial charge in [0.15, 0.2) is 0 Å². The summed E-state index contributed by atoms with van der Waals surface area (Å²) >= 11 is 0. The van der Waals surface area contributed by atoms with E-state index in [9.17, 15) is 4.79 Å². The lowest BCUT2D eigenvalue weighted by Gasteiger charge is -2.30. The molecule has 0 aromatic carbocycles. The molecule has 1 aliphatic carbocycles. The second-order valence-electron chi connectivity index (χ2n) is 6.56. The first-order valence-corrected chi connectivity index (χ1v) is 8.56. The number of hydrogen-bond donors (Lipinski definition) is 1. The highest BCUT2D eigenvalue weighted by Gasteiger charge is 2.36. The Balaban J connectivity index is 1.47. The van der Waals surface area contributed by atoms with Gasteiger partial charge in [-0.2, -0.15) is 0 Å². The van der Waals surface area contributed by atoms with Crippen molar-refractivity contribution >= 4 is 5.91 Å². The van der Waals surface area contributed by atoms with Gasteiger partial charge in [-0.15, -0.1) is 0 Å². The van der Waals surface area contributed by atoms with Crippen LogP contribution in [0.2, 0.25) is 0 Å². The van der Waals surface area contributed by atoms with Crippen LogP contribution >= 0.6 is 0 Å². The Kier molecular flexibility index (Phi) is 5.56. The van der Waals surface area contributed by atoms with Crippen LogP contribution in [0.1, 0.15) is 37.7 Å². The third-order valence-corrected chi connectivity index (χ3v) is 5.06. The number of ether oxygens (including phenoxy) is 1. The van der Waals surface area contributed by atoms with Crippen molar-refractivity contribution in [1.82, 2.24) is 20.2 Å². The number of methoxy groups -OCH3 is 1. The number of likely N-dealkylation sites (tertiary alicyclic amines) is 1. The van der Waals surface area contributed by atoms with E-state index < -0.39 is 0 Å². The van der Waals surface area contributed by atoms with E-state index in [0.717, 1.165) is 31.5 Å². The number of hydrogen-bond acceptors (Lipinski definition) is 5. The summed E-state index contributed by atoms with van der Waals surface area (Å²) in [5.74, 6) is 0.133. The van der Waals surface area contributed by atoms with Crippen molar-refractivity contribution in [2.45, 2.75) is 56.7 Å². The van der Waals surface area contributed by atoms with Crippen LogP contribution in [-0.2, 0) is 16.0 Å². The number of carbonyl (C=O) groups is 1. The fraction of sp³-hybridized carbons (Fsp3) is 0.706. The average molecular weight is 318 g/mol. The van der Waals surface area contributed by atoms with E-state index in [4.69, 9.17) is 4.74 Å². The number of amides is 1. The minimum Gasteiger partial charge on any atom is -0.380 e. The summed E-state index contributed by atoms with van der Waals surface area (Å²) in [6.45, 7) is 2.08. The van der Waals surface area contributed by atoms with E-state index in [1.807, 2.05) is 0 Å². The van der Waals surface area contributed by atoms with Crippen LogP contribution in [0.3, 0.4) is 0 Å². The van der Waals surface area contributed by atoms with Gasteiger partial charge in [0.05, 0.1) is 6.10 Å². The molecular formula is C17H26N4O2. The molecule has 2 heterocycles.